The van der Waals surface area contributed by atoms with Gasteiger partial charge in [0.25, 0.3) is 0 Å². The lowest BCUT2D eigenvalue weighted by Gasteiger charge is -2.05. The van der Waals surface area contributed by atoms with Crippen LogP contribution in [0.25, 0.3) is 0 Å². The fraction of sp³-hybridized carbons (Fsp3) is 0. The normalized spacial score (nSPS) is 10.4. The summed E-state index contributed by atoms with van der Waals surface area (Å²) in [5.41, 5.74) is 0.000694. The van der Waals surface area contributed by atoms with E-state index in [-0.39, 0.29) is 11.1 Å². The first-order valence-corrected chi connectivity index (χ1v) is 6.52. The molecule has 0 saturated carbocycles. The van der Waals surface area contributed by atoms with Crippen LogP contribution in [-0.2, 0) is 0 Å². The van der Waals surface area contributed by atoms with Crippen LogP contribution in [0.3, 0.4) is 0 Å². The summed E-state index contributed by atoms with van der Waals surface area (Å²) in [5, 5.41) is 0. The van der Waals surface area contributed by atoms with Gasteiger partial charge in [-0.15, -0.1) is 0 Å². The smallest absolute Gasteiger partial charge is 0.196 e. The molecule has 0 unspecified atom stereocenters. The lowest BCUT2D eigenvalue weighted by atomic mass is 10.0. The number of rotatable bonds is 2. The number of ketones is 1. The Morgan fingerprint density at radius 2 is 1.61 bits per heavy atom. The third kappa shape index (κ3) is 2.67. The summed E-state index contributed by atoms with van der Waals surface area (Å²) in [5.74, 6) is -2.72. The standard InChI is InChI=1S/C13H6Br2F2O/c14-8-4-7(5-9(15)6-8)13(18)10-2-1-3-11(16)12(10)17/h1-6H. The highest BCUT2D eigenvalue weighted by Gasteiger charge is 2.17. The van der Waals surface area contributed by atoms with Crippen molar-refractivity contribution >= 4 is 37.6 Å². The van der Waals surface area contributed by atoms with Gasteiger partial charge in [0.1, 0.15) is 0 Å². The quantitative estimate of drug-likeness (QED) is 0.694. The molecule has 0 bridgehead atoms. The molecule has 0 heterocycles. The zero-order valence-corrected chi connectivity index (χ0v) is 12.1. The zero-order chi connectivity index (χ0) is 13.3. The molecular weight excluding hydrogens is 370 g/mol. The zero-order valence-electron chi connectivity index (χ0n) is 8.88. The third-order valence-electron chi connectivity index (χ3n) is 2.32. The molecule has 1 nitrogen and oxygen atoms in total. The molecule has 18 heavy (non-hydrogen) atoms. The maximum Gasteiger partial charge on any atom is 0.196 e. The molecule has 0 spiro atoms. The van der Waals surface area contributed by atoms with E-state index in [1.54, 1.807) is 18.2 Å². The van der Waals surface area contributed by atoms with Crippen molar-refractivity contribution in [2.45, 2.75) is 0 Å². The first-order chi connectivity index (χ1) is 8.49. The second-order valence-electron chi connectivity index (χ2n) is 3.59. The molecule has 5 heteroatoms. The third-order valence-corrected chi connectivity index (χ3v) is 3.24. The van der Waals surface area contributed by atoms with Crippen LogP contribution >= 0.6 is 31.9 Å². The van der Waals surface area contributed by atoms with Crippen molar-refractivity contribution in [2.24, 2.45) is 0 Å². The van der Waals surface area contributed by atoms with E-state index in [1.165, 1.54) is 12.1 Å². The van der Waals surface area contributed by atoms with E-state index >= 15 is 0 Å². The molecule has 2 aromatic rings. The SMILES string of the molecule is O=C(c1cc(Br)cc(Br)c1)c1cccc(F)c1F. The molecule has 0 N–H and O–H groups in total. The van der Waals surface area contributed by atoms with Gasteiger partial charge in [0.05, 0.1) is 5.56 Å². The van der Waals surface area contributed by atoms with E-state index in [1.807, 2.05) is 0 Å². The number of carbonyl (C=O) groups excluding carboxylic acids is 1. The Bertz CT molecular complexity index is 606. The fourth-order valence-corrected chi connectivity index (χ4v) is 2.81. The highest BCUT2D eigenvalue weighted by Crippen LogP contribution is 2.23. The van der Waals surface area contributed by atoms with Gasteiger partial charge in [0.2, 0.25) is 0 Å². The van der Waals surface area contributed by atoms with Crippen LogP contribution in [0.4, 0.5) is 8.78 Å². The van der Waals surface area contributed by atoms with Crippen molar-refractivity contribution in [3.63, 3.8) is 0 Å². The van der Waals surface area contributed by atoms with Gasteiger partial charge < -0.3 is 0 Å². The van der Waals surface area contributed by atoms with Crippen molar-refractivity contribution in [3.05, 3.63) is 68.1 Å². The van der Waals surface area contributed by atoms with Gasteiger partial charge >= 0.3 is 0 Å². The molecule has 0 aliphatic carbocycles. The highest BCUT2D eigenvalue weighted by molar-refractivity contribution is 9.11. The summed E-state index contributed by atoms with van der Waals surface area (Å²) in [6.45, 7) is 0. The van der Waals surface area contributed by atoms with Crippen molar-refractivity contribution in [2.75, 3.05) is 0 Å². The molecule has 0 aromatic heterocycles. The van der Waals surface area contributed by atoms with Gasteiger partial charge in [0.15, 0.2) is 17.4 Å². The largest absolute Gasteiger partial charge is 0.288 e. The van der Waals surface area contributed by atoms with Crippen LogP contribution in [0.2, 0.25) is 0 Å². The van der Waals surface area contributed by atoms with Crippen LogP contribution < -0.4 is 0 Å². The summed E-state index contributed by atoms with van der Waals surface area (Å²) in [7, 11) is 0. The first kappa shape index (κ1) is 13.4. The first-order valence-electron chi connectivity index (χ1n) is 4.94. The molecule has 0 aliphatic heterocycles. The molecule has 0 fully saturated rings. The molecule has 0 atom stereocenters. The summed E-state index contributed by atoms with van der Waals surface area (Å²) in [6.07, 6.45) is 0. The Morgan fingerprint density at radius 3 is 2.22 bits per heavy atom. The van der Waals surface area contributed by atoms with Crippen molar-refractivity contribution in [3.8, 4) is 0 Å². The van der Waals surface area contributed by atoms with Gasteiger partial charge in [0, 0.05) is 14.5 Å². The minimum absolute atomic E-state index is 0.278. The van der Waals surface area contributed by atoms with E-state index in [0.717, 1.165) is 6.07 Å². The topological polar surface area (TPSA) is 17.1 Å². The number of hydrogen-bond donors (Lipinski definition) is 0. The lowest BCUT2D eigenvalue weighted by Crippen LogP contribution is -2.05. The number of benzene rings is 2. The molecule has 0 amide bonds. The average molecular weight is 376 g/mol. The van der Waals surface area contributed by atoms with Crippen LogP contribution in [0, 0.1) is 11.6 Å². The van der Waals surface area contributed by atoms with Gasteiger partial charge in [-0.2, -0.15) is 0 Å². The Labute approximate surface area is 119 Å². The average Bonchev–Trinajstić information content (AvgIpc) is 2.30. The Morgan fingerprint density at radius 1 is 1.00 bits per heavy atom. The minimum atomic E-state index is -1.13. The van der Waals surface area contributed by atoms with E-state index < -0.39 is 17.4 Å². The number of hydrogen-bond acceptors (Lipinski definition) is 1. The van der Waals surface area contributed by atoms with E-state index in [4.69, 9.17) is 0 Å². The highest BCUT2D eigenvalue weighted by atomic mass is 79.9. The molecule has 0 saturated heterocycles. The fourth-order valence-electron chi connectivity index (χ4n) is 1.52. The van der Waals surface area contributed by atoms with Crippen LogP contribution in [-0.4, -0.2) is 5.78 Å². The van der Waals surface area contributed by atoms with Gasteiger partial charge in [-0.25, -0.2) is 8.78 Å². The molecule has 2 rings (SSSR count). The van der Waals surface area contributed by atoms with E-state index in [9.17, 15) is 13.6 Å². The van der Waals surface area contributed by atoms with Crippen LogP contribution in [0.15, 0.2) is 45.3 Å². The van der Waals surface area contributed by atoms with Gasteiger partial charge in [-0.3, -0.25) is 4.79 Å². The molecule has 0 aliphatic rings. The molecular formula is C13H6Br2F2O. The summed E-state index contributed by atoms with van der Waals surface area (Å²) < 4.78 is 27.9. The second kappa shape index (κ2) is 5.28. The van der Waals surface area contributed by atoms with Crippen LogP contribution in [0.1, 0.15) is 15.9 Å². The van der Waals surface area contributed by atoms with Gasteiger partial charge in [-0.1, -0.05) is 37.9 Å². The monoisotopic (exact) mass is 374 g/mol. The van der Waals surface area contributed by atoms with E-state index in [0.29, 0.717) is 8.95 Å². The predicted molar refractivity (Wildman–Crippen MR) is 71.6 cm³/mol. The van der Waals surface area contributed by atoms with Crippen LogP contribution in [0.5, 0.6) is 0 Å². The maximum atomic E-state index is 13.5. The van der Waals surface area contributed by atoms with Crippen molar-refractivity contribution in [1.29, 1.82) is 0 Å². The second-order valence-corrected chi connectivity index (χ2v) is 5.42. The van der Waals surface area contributed by atoms with E-state index in [2.05, 4.69) is 31.9 Å². The predicted octanol–water partition coefficient (Wildman–Crippen LogP) is 4.72. The summed E-state index contributed by atoms with van der Waals surface area (Å²) >= 11 is 6.47. The maximum absolute atomic E-state index is 13.5. The number of carbonyl (C=O) groups is 1. The van der Waals surface area contributed by atoms with Crippen molar-refractivity contribution in [1.82, 2.24) is 0 Å². The minimum Gasteiger partial charge on any atom is -0.288 e. The number of halogens is 4. The molecule has 92 valence electrons. The lowest BCUT2D eigenvalue weighted by molar-refractivity contribution is 0.103. The van der Waals surface area contributed by atoms with Gasteiger partial charge in [-0.05, 0) is 30.3 Å². The Hall–Kier alpha value is -1.07. The Kier molecular flexibility index (Phi) is 3.92. The molecule has 0 radical (unpaired) electrons. The summed E-state index contributed by atoms with van der Waals surface area (Å²) in [4.78, 5) is 12.1. The Balaban J connectivity index is 2.51. The van der Waals surface area contributed by atoms with Crippen molar-refractivity contribution < 1.29 is 13.6 Å². The molecule has 2 aromatic carbocycles. The summed E-state index contributed by atoms with van der Waals surface area (Å²) in [6, 6.07) is 8.39.